The van der Waals surface area contributed by atoms with Gasteiger partial charge in [0, 0.05) is 13.1 Å². The fraction of sp³-hybridized carbons (Fsp3) is 0.800. The van der Waals surface area contributed by atoms with Gasteiger partial charge in [0.25, 0.3) is 0 Å². The highest BCUT2D eigenvalue weighted by Gasteiger charge is 2.10. The number of rotatable bonds is 2. The minimum absolute atomic E-state index is 0.478. The molecule has 0 saturated carbocycles. The maximum Gasteiger partial charge on any atom is 0.312 e. The summed E-state index contributed by atoms with van der Waals surface area (Å²) >= 11 is 6.81. The molecule has 1 N–H and O–H groups in total. The van der Waals surface area contributed by atoms with E-state index in [1.54, 1.807) is 5.06 Å². The molecule has 6 heteroatoms. The highest BCUT2D eigenvalue weighted by Crippen LogP contribution is 2.05. The lowest BCUT2D eigenvalue weighted by Gasteiger charge is -2.07. The fourth-order valence-electron chi connectivity index (χ4n) is 0.854. The zero-order chi connectivity index (χ0) is 8.53. The third-order valence-electron chi connectivity index (χ3n) is 1.26. The summed E-state index contributed by atoms with van der Waals surface area (Å²) in [7, 11) is 0. The molecule has 1 aliphatic heterocycles. The molecule has 1 heterocycles. The lowest BCUT2D eigenvalue weighted by Crippen LogP contribution is -2.18. The van der Waals surface area contributed by atoms with Crippen LogP contribution in [0.1, 0.15) is 12.8 Å². The Balaban J connectivity index is 0.000000292. The van der Waals surface area contributed by atoms with Gasteiger partial charge in [-0.15, -0.1) is 5.06 Å². The lowest BCUT2D eigenvalue weighted by molar-refractivity contribution is -0.167. The Morgan fingerprint density at radius 1 is 1.36 bits per heavy atom. The minimum Gasteiger partial charge on any atom is -0.371 e. The van der Waals surface area contributed by atoms with Crippen LogP contribution in [0.15, 0.2) is 0 Å². The average Bonchev–Trinajstić information content (AvgIpc) is 2.42. The SMILES string of the molecule is O=CON1CCCC1.SNS. The molecule has 11 heavy (non-hydrogen) atoms. The molecule has 0 bridgehead atoms. The highest BCUT2D eigenvalue weighted by molar-refractivity contribution is 7.94. The molecule has 0 aliphatic carbocycles. The van der Waals surface area contributed by atoms with Crippen LogP contribution in [0.2, 0.25) is 0 Å². The number of carbonyl (C=O) groups excluding carboxylic acids is 1. The smallest absolute Gasteiger partial charge is 0.312 e. The standard InChI is InChI=1S/C5H9NO2.H3NS2/c7-5-8-6-3-1-2-4-6;2-1-3/h5H,1-4H2;1-3H. The summed E-state index contributed by atoms with van der Waals surface area (Å²) in [4.78, 5) is 14.3. The Hall–Kier alpha value is 0.0900. The van der Waals surface area contributed by atoms with Crippen LogP contribution < -0.4 is 4.13 Å². The zero-order valence-corrected chi connectivity index (χ0v) is 7.85. The second-order valence-corrected chi connectivity index (χ2v) is 2.74. The first kappa shape index (κ1) is 11.1. The van der Waals surface area contributed by atoms with Crippen LogP contribution in [0, 0.1) is 0 Å². The largest absolute Gasteiger partial charge is 0.371 e. The normalized spacial score (nSPS) is 16.9. The van der Waals surface area contributed by atoms with Crippen molar-refractivity contribution in [2.45, 2.75) is 12.8 Å². The molecular formula is C5H12N2O2S2. The summed E-state index contributed by atoms with van der Waals surface area (Å²) in [6, 6.07) is 0. The second-order valence-electron chi connectivity index (χ2n) is 1.94. The van der Waals surface area contributed by atoms with Crippen LogP contribution in [-0.4, -0.2) is 24.6 Å². The molecule has 1 aliphatic rings. The van der Waals surface area contributed by atoms with Gasteiger partial charge < -0.3 is 4.84 Å². The molecule has 0 aromatic carbocycles. The Kier molecular flexibility index (Phi) is 8.26. The summed E-state index contributed by atoms with van der Waals surface area (Å²) < 4.78 is 2.14. The predicted molar refractivity (Wildman–Crippen MR) is 49.1 cm³/mol. The number of hydrogen-bond donors (Lipinski definition) is 3. The van der Waals surface area contributed by atoms with Crippen LogP contribution in [0.25, 0.3) is 0 Å². The molecule has 0 atom stereocenters. The average molecular weight is 196 g/mol. The van der Waals surface area contributed by atoms with E-state index in [1.807, 2.05) is 0 Å². The van der Waals surface area contributed by atoms with E-state index in [0.29, 0.717) is 6.47 Å². The molecule has 0 radical (unpaired) electrons. The molecule has 1 saturated heterocycles. The molecule has 66 valence electrons. The summed E-state index contributed by atoms with van der Waals surface area (Å²) in [5.74, 6) is 0. The van der Waals surface area contributed by atoms with E-state index in [1.165, 1.54) is 0 Å². The Morgan fingerprint density at radius 2 is 1.82 bits per heavy atom. The third kappa shape index (κ3) is 6.49. The summed E-state index contributed by atoms with van der Waals surface area (Å²) in [5, 5.41) is 1.67. The molecular weight excluding hydrogens is 184 g/mol. The van der Waals surface area contributed by atoms with Gasteiger partial charge in [-0.2, -0.15) is 0 Å². The van der Waals surface area contributed by atoms with Crippen molar-refractivity contribution in [3.8, 4) is 0 Å². The molecule has 0 aromatic rings. The topological polar surface area (TPSA) is 41.6 Å². The van der Waals surface area contributed by atoms with E-state index in [2.05, 4.69) is 34.6 Å². The Morgan fingerprint density at radius 3 is 2.18 bits per heavy atom. The molecule has 1 rings (SSSR count). The maximum absolute atomic E-state index is 9.70. The van der Waals surface area contributed by atoms with Gasteiger partial charge in [-0.05, 0) is 12.8 Å². The van der Waals surface area contributed by atoms with Crippen LogP contribution in [-0.2, 0) is 9.63 Å². The molecule has 0 unspecified atom stereocenters. The molecule has 4 nitrogen and oxygen atoms in total. The molecule has 1 fully saturated rings. The van der Waals surface area contributed by atoms with Gasteiger partial charge in [0.05, 0.1) is 0 Å². The first-order chi connectivity index (χ1) is 5.35. The summed E-state index contributed by atoms with van der Waals surface area (Å²) in [5.41, 5.74) is 0. The number of nitrogens with one attached hydrogen (secondary N) is 1. The van der Waals surface area contributed by atoms with E-state index in [4.69, 9.17) is 0 Å². The van der Waals surface area contributed by atoms with Gasteiger partial charge in [0.15, 0.2) is 0 Å². The van der Waals surface area contributed by atoms with Crippen molar-refractivity contribution in [2.75, 3.05) is 13.1 Å². The zero-order valence-electron chi connectivity index (χ0n) is 6.06. The minimum atomic E-state index is 0.478. The van der Waals surface area contributed by atoms with Gasteiger partial charge in [0.2, 0.25) is 0 Å². The van der Waals surface area contributed by atoms with Crippen molar-refractivity contribution in [2.24, 2.45) is 0 Å². The van der Waals surface area contributed by atoms with Gasteiger partial charge in [-0.3, -0.25) is 4.79 Å². The first-order valence-corrected chi connectivity index (χ1v) is 4.13. The quantitative estimate of drug-likeness (QED) is 0.443. The number of hydrogen-bond acceptors (Lipinski definition) is 6. The summed E-state index contributed by atoms with van der Waals surface area (Å²) in [6.07, 6.45) is 2.29. The second kappa shape index (κ2) is 8.19. The van der Waals surface area contributed by atoms with Crippen molar-refractivity contribution in [1.82, 2.24) is 9.19 Å². The van der Waals surface area contributed by atoms with E-state index in [0.717, 1.165) is 25.9 Å². The van der Waals surface area contributed by atoms with Crippen molar-refractivity contribution < 1.29 is 9.63 Å². The number of hydroxylamine groups is 2. The van der Waals surface area contributed by atoms with Crippen LogP contribution in [0.5, 0.6) is 0 Å². The molecule has 0 aromatic heterocycles. The van der Waals surface area contributed by atoms with Gasteiger partial charge in [-0.25, -0.2) is 4.13 Å². The van der Waals surface area contributed by atoms with Crippen LogP contribution in [0.4, 0.5) is 0 Å². The van der Waals surface area contributed by atoms with Crippen LogP contribution in [0.3, 0.4) is 0 Å². The molecule has 0 amide bonds. The van der Waals surface area contributed by atoms with Gasteiger partial charge in [0.1, 0.15) is 0 Å². The van der Waals surface area contributed by atoms with Gasteiger partial charge in [-0.1, -0.05) is 25.6 Å². The Labute approximate surface area is 77.3 Å². The highest BCUT2D eigenvalue weighted by atomic mass is 32.2. The van der Waals surface area contributed by atoms with E-state index in [-0.39, 0.29) is 0 Å². The van der Waals surface area contributed by atoms with Gasteiger partial charge >= 0.3 is 6.47 Å². The first-order valence-electron chi connectivity index (χ1n) is 3.23. The number of nitrogens with zero attached hydrogens (tertiary/aromatic N) is 1. The fourth-order valence-corrected chi connectivity index (χ4v) is 0.854. The Bertz CT molecular complexity index is 98.5. The van der Waals surface area contributed by atoms with Crippen LogP contribution >= 0.6 is 25.6 Å². The third-order valence-corrected chi connectivity index (χ3v) is 1.26. The number of thiol groups is 2. The van der Waals surface area contributed by atoms with E-state index < -0.39 is 0 Å². The monoisotopic (exact) mass is 196 g/mol. The summed E-state index contributed by atoms with van der Waals surface area (Å²) in [6.45, 7) is 2.28. The molecule has 0 spiro atoms. The lowest BCUT2D eigenvalue weighted by atomic mass is 10.4. The predicted octanol–water partition coefficient (Wildman–Crippen LogP) is 0.436. The van der Waals surface area contributed by atoms with E-state index >= 15 is 0 Å². The van der Waals surface area contributed by atoms with Crippen molar-refractivity contribution in [3.63, 3.8) is 0 Å². The number of carbonyl (C=O) groups is 1. The van der Waals surface area contributed by atoms with Crippen molar-refractivity contribution >= 4 is 32.1 Å². The van der Waals surface area contributed by atoms with Crippen molar-refractivity contribution in [3.05, 3.63) is 0 Å². The maximum atomic E-state index is 9.70. The van der Waals surface area contributed by atoms with E-state index in [9.17, 15) is 4.79 Å². The van der Waals surface area contributed by atoms with Crippen molar-refractivity contribution in [1.29, 1.82) is 0 Å².